The summed E-state index contributed by atoms with van der Waals surface area (Å²) in [5.74, 6) is 1.85. The topological polar surface area (TPSA) is 67.9 Å². The monoisotopic (exact) mass is 256 g/mol. The average molecular weight is 256 g/mol. The van der Waals surface area contributed by atoms with Crippen LogP contribution in [0, 0.1) is 12.3 Å². The van der Waals surface area contributed by atoms with Crippen LogP contribution in [-0.2, 0) is 19.1 Å². The van der Waals surface area contributed by atoms with Crippen LogP contribution >= 0.6 is 0 Å². The Morgan fingerprint density at radius 3 is 2.61 bits per heavy atom. The zero-order chi connectivity index (χ0) is 13.8. The molecule has 0 aliphatic carbocycles. The Bertz CT molecular complexity index is 299. The molecule has 102 valence electrons. The highest BCUT2D eigenvalue weighted by molar-refractivity contribution is 5.78. The predicted octanol–water partition coefficient (Wildman–Crippen LogP) is -0.753. The van der Waals surface area contributed by atoms with Crippen molar-refractivity contribution in [2.24, 2.45) is 0 Å². The third-order valence-electron chi connectivity index (χ3n) is 2.23. The lowest BCUT2D eigenvalue weighted by Crippen LogP contribution is -2.40. The Morgan fingerprint density at radius 1 is 1.33 bits per heavy atom. The summed E-state index contributed by atoms with van der Waals surface area (Å²) < 4.78 is 9.50. The minimum absolute atomic E-state index is 0.172. The molecule has 0 saturated heterocycles. The molecule has 6 heteroatoms. The highest BCUT2D eigenvalue weighted by Crippen LogP contribution is 1.94. The van der Waals surface area contributed by atoms with Crippen molar-refractivity contribution in [3.05, 3.63) is 0 Å². The maximum atomic E-state index is 11.5. The first-order chi connectivity index (χ1) is 8.63. The lowest BCUT2D eigenvalue weighted by Gasteiger charge is -2.20. The zero-order valence-corrected chi connectivity index (χ0v) is 10.9. The Labute approximate surface area is 108 Å². The number of ether oxygens (including phenoxy) is 2. The zero-order valence-electron chi connectivity index (χ0n) is 10.9. The first kappa shape index (κ1) is 16.4. The SMILES string of the molecule is C#CCNC(=O)CN(CCOC)CCC(=O)OC. The fourth-order valence-electron chi connectivity index (χ4n) is 1.25. The number of carbonyl (C=O) groups is 2. The molecule has 0 unspecified atom stereocenters. The minimum Gasteiger partial charge on any atom is -0.469 e. The van der Waals surface area contributed by atoms with Gasteiger partial charge in [0.25, 0.3) is 0 Å². The number of carbonyl (C=O) groups excluding carboxylic acids is 2. The number of methoxy groups -OCH3 is 2. The number of hydrogen-bond acceptors (Lipinski definition) is 5. The third kappa shape index (κ3) is 8.56. The van der Waals surface area contributed by atoms with Gasteiger partial charge in [0.2, 0.25) is 5.91 Å². The van der Waals surface area contributed by atoms with Crippen molar-refractivity contribution in [2.45, 2.75) is 6.42 Å². The Balaban J connectivity index is 4.09. The van der Waals surface area contributed by atoms with E-state index in [1.807, 2.05) is 4.90 Å². The first-order valence-corrected chi connectivity index (χ1v) is 5.62. The van der Waals surface area contributed by atoms with Gasteiger partial charge in [-0.25, -0.2) is 0 Å². The number of esters is 1. The van der Waals surface area contributed by atoms with Crippen LogP contribution in [0.5, 0.6) is 0 Å². The molecule has 0 aromatic rings. The molecule has 1 amide bonds. The van der Waals surface area contributed by atoms with Crippen molar-refractivity contribution in [2.75, 3.05) is 47.0 Å². The highest BCUT2D eigenvalue weighted by Gasteiger charge is 2.12. The molecule has 0 saturated carbocycles. The second-order valence-electron chi connectivity index (χ2n) is 3.58. The van der Waals surface area contributed by atoms with Gasteiger partial charge in [0.1, 0.15) is 0 Å². The summed E-state index contributed by atoms with van der Waals surface area (Å²) in [6.07, 6.45) is 5.28. The van der Waals surface area contributed by atoms with Crippen molar-refractivity contribution in [1.82, 2.24) is 10.2 Å². The molecular formula is C12H20N2O4. The van der Waals surface area contributed by atoms with E-state index in [1.165, 1.54) is 7.11 Å². The van der Waals surface area contributed by atoms with E-state index in [4.69, 9.17) is 11.2 Å². The van der Waals surface area contributed by atoms with Gasteiger partial charge in [-0.15, -0.1) is 6.42 Å². The van der Waals surface area contributed by atoms with Gasteiger partial charge in [0, 0.05) is 20.2 Å². The molecule has 0 fully saturated rings. The van der Waals surface area contributed by atoms with Gasteiger partial charge in [-0.05, 0) is 0 Å². The van der Waals surface area contributed by atoms with Gasteiger partial charge in [-0.2, -0.15) is 0 Å². The van der Waals surface area contributed by atoms with Gasteiger partial charge in [-0.1, -0.05) is 5.92 Å². The van der Waals surface area contributed by atoms with Crippen LogP contribution < -0.4 is 5.32 Å². The number of nitrogens with one attached hydrogen (secondary N) is 1. The molecule has 0 aliphatic rings. The molecule has 1 N–H and O–H groups in total. The van der Waals surface area contributed by atoms with E-state index in [9.17, 15) is 9.59 Å². The summed E-state index contributed by atoms with van der Waals surface area (Å²) in [7, 11) is 2.92. The van der Waals surface area contributed by atoms with Gasteiger partial charge >= 0.3 is 5.97 Å². The van der Waals surface area contributed by atoms with Gasteiger partial charge in [0.05, 0.1) is 33.2 Å². The van der Waals surface area contributed by atoms with Gasteiger partial charge < -0.3 is 14.8 Å². The number of terminal acetylenes is 1. The predicted molar refractivity (Wildman–Crippen MR) is 66.8 cm³/mol. The van der Waals surface area contributed by atoms with Crippen LogP contribution in [0.25, 0.3) is 0 Å². The molecule has 0 heterocycles. The summed E-state index contributed by atoms with van der Waals surface area (Å²) >= 11 is 0. The molecule has 0 rings (SSSR count). The Kier molecular flexibility index (Phi) is 9.64. The number of amides is 1. The van der Waals surface area contributed by atoms with E-state index in [0.29, 0.717) is 19.7 Å². The first-order valence-electron chi connectivity index (χ1n) is 5.62. The van der Waals surface area contributed by atoms with Crippen molar-refractivity contribution in [3.63, 3.8) is 0 Å². The lowest BCUT2D eigenvalue weighted by atomic mass is 10.3. The molecule has 0 spiro atoms. The minimum atomic E-state index is -0.304. The molecule has 0 bridgehead atoms. The summed E-state index contributed by atoms with van der Waals surface area (Å²) in [5.41, 5.74) is 0. The number of rotatable bonds is 9. The van der Waals surface area contributed by atoms with Crippen molar-refractivity contribution in [1.29, 1.82) is 0 Å². The van der Waals surface area contributed by atoms with E-state index < -0.39 is 0 Å². The fraction of sp³-hybridized carbons (Fsp3) is 0.667. The van der Waals surface area contributed by atoms with Crippen LogP contribution in [0.1, 0.15) is 6.42 Å². The second kappa shape index (κ2) is 10.6. The van der Waals surface area contributed by atoms with Crippen LogP contribution in [0.3, 0.4) is 0 Å². The van der Waals surface area contributed by atoms with Crippen molar-refractivity contribution in [3.8, 4) is 12.3 Å². The summed E-state index contributed by atoms with van der Waals surface area (Å²) in [4.78, 5) is 24.3. The van der Waals surface area contributed by atoms with E-state index >= 15 is 0 Å². The van der Waals surface area contributed by atoms with E-state index in [0.717, 1.165) is 0 Å². The summed E-state index contributed by atoms with van der Waals surface area (Å²) in [6.45, 7) is 1.88. The maximum absolute atomic E-state index is 11.5. The lowest BCUT2D eigenvalue weighted by molar-refractivity contribution is -0.141. The van der Waals surface area contributed by atoms with Crippen LogP contribution in [0.15, 0.2) is 0 Å². The molecule has 0 radical (unpaired) electrons. The van der Waals surface area contributed by atoms with Crippen molar-refractivity contribution < 1.29 is 19.1 Å². The molecule has 0 aromatic carbocycles. The van der Waals surface area contributed by atoms with Gasteiger partial charge in [0.15, 0.2) is 0 Å². The Hall–Kier alpha value is -1.58. The summed E-state index contributed by atoms with van der Waals surface area (Å²) in [5, 5.41) is 2.57. The molecule has 0 aromatic heterocycles. The molecule has 18 heavy (non-hydrogen) atoms. The smallest absolute Gasteiger partial charge is 0.306 e. The quantitative estimate of drug-likeness (QED) is 0.434. The van der Waals surface area contributed by atoms with Crippen LogP contribution in [0.4, 0.5) is 0 Å². The highest BCUT2D eigenvalue weighted by atomic mass is 16.5. The largest absolute Gasteiger partial charge is 0.469 e. The van der Waals surface area contributed by atoms with E-state index in [1.54, 1.807) is 7.11 Å². The molecule has 0 aliphatic heterocycles. The second-order valence-corrected chi connectivity index (χ2v) is 3.58. The van der Waals surface area contributed by atoms with Crippen LogP contribution in [0.2, 0.25) is 0 Å². The van der Waals surface area contributed by atoms with E-state index in [-0.39, 0.29) is 31.4 Å². The Morgan fingerprint density at radius 2 is 2.06 bits per heavy atom. The number of nitrogens with zero attached hydrogens (tertiary/aromatic N) is 1. The fourth-order valence-corrected chi connectivity index (χ4v) is 1.25. The summed E-state index contributed by atoms with van der Waals surface area (Å²) in [6, 6.07) is 0. The maximum Gasteiger partial charge on any atom is 0.306 e. The van der Waals surface area contributed by atoms with Crippen molar-refractivity contribution >= 4 is 11.9 Å². The van der Waals surface area contributed by atoms with E-state index in [2.05, 4.69) is 16.0 Å². The normalized spacial score (nSPS) is 9.89. The third-order valence-corrected chi connectivity index (χ3v) is 2.23. The molecule has 6 nitrogen and oxygen atoms in total. The number of hydrogen-bond donors (Lipinski definition) is 1. The standard InChI is InChI=1S/C12H20N2O4/c1-4-6-13-11(15)10-14(8-9-17-2)7-5-12(16)18-3/h1H,5-10H2,2-3H3,(H,13,15). The molecule has 0 atom stereocenters. The van der Waals surface area contributed by atoms with Gasteiger partial charge in [-0.3, -0.25) is 14.5 Å². The van der Waals surface area contributed by atoms with Crippen LogP contribution in [-0.4, -0.2) is 63.8 Å². The average Bonchev–Trinajstić information content (AvgIpc) is 2.38. The molecular weight excluding hydrogens is 236 g/mol.